The molecule has 0 bridgehead atoms. The van der Waals surface area contributed by atoms with Gasteiger partial charge in [0.15, 0.2) is 5.82 Å². The zero-order valence-electron chi connectivity index (χ0n) is 20.7. The van der Waals surface area contributed by atoms with Crippen molar-refractivity contribution in [3.63, 3.8) is 0 Å². The molecule has 0 amide bonds. The monoisotopic (exact) mass is 523 g/mol. The van der Waals surface area contributed by atoms with Crippen molar-refractivity contribution in [3.05, 3.63) is 142 Å². The molecule has 0 aliphatic carbocycles. The van der Waals surface area contributed by atoms with Crippen LogP contribution in [0.4, 0.5) is 0 Å². The number of hydrogen-bond acceptors (Lipinski definition) is 5. The molecule has 0 radical (unpaired) electrons. The fourth-order valence-electron chi connectivity index (χ4n) is 4.55. The molecule has 0 N–H and O–H groups in total. The third-order valence-corrected chi connectivity index (χ3v) is 7.46. The Hall–Kier alpha value is -5.14. The van der Waals surface area contributed by atoms with Gasteiger partial charge in [-0.1, -0.05) is 114 Å². The molecule has 3 aromatic heterocycles. The molecule has 0 aliphatic rings. The maximum Gasteiger partial charge on any atom is 0.291 e. The van der Waals surface area contributed by atoms with Crippen LogP contribution in [-0.4, -0.2) is 24.4 Å². The molecular weight excluding hydrogens is 502 g/mol. The summed E-state index contributed by atoms with van der Waals surface area (Å²) in [7, 11) is 0. The second-order valence-electron chi connectivity index (χ2n) is 9.06. The molecule has 4 aromatic carbocycles. The number of rotatable bonds is 5. The first-order chi connectivity index (χ1) is 19.2. The van der Waals surface area contributed by atoms with Crippen LogP contribution in [0.3, 0.4) is 0 Å². The summed E-state index contributed by atoms with van der Waals surface area (Å²) in [5, 5.41) is 9.38. The molecule has 0 spiro atoms. The molecule has 0 fully saturated rings. The van der Waals surface area contributed by atoms with Crippen LogP contribution in [0.1, 0.15) is 5.56 Å². The summed E-state index contributed by atoms with van der Waals surface area (Å²) >= 11 is 1.34. The van der Waals surface area contributed by atoms with Crippen molar-refractivity contribution in [1.29, 1.82) is 0 Å². The van der Waals surface area contributed by atoms with Crippen molar-refractivity contribution >= 4 is 22.4 Å². The smallest absolute Gasteiger partial charge is 0.266 e. The first-order valence-electron chi connectivity index (χ1n) is 12.5. The lowest BCUT2D eigenvalue weighted by atomic mass is 10.1. The summed E-state index contributed by atoms with van der Waals surface area (Å²) in [5.41, 5.74) is 6.64. The topological polar surface area (TPSA) is 65.1 Å². The fourth-order valence-corrected chi connectivity index (χ4v) is 5.46. The van der Waals surface area contributed by atoms with E-state index in [1.165, 1.54) is 15.9 Å². The van der Waals surface area contributed by atoms with Crippen LogP contribution in [-0.2, 0) is 0 Å². The summed E-state index contributed by atoms with van der Waals surface area (Å²) < 4.78 is 3.94. The van der Waals surface area contributed by atoms with Gasteiger partial charge in [0, 0.05) is 16.7 Å². The van der Waals surface area contributed by atoms with Gasteiger partial charge < -0.3 is 0 Å². The molecule has 3 heterocycles. The van der Waals surface area contributed by atoms with Gasteiger partial charge in [0.2, 0.25) is 4.96 Å². The average molecular weight is 524 g/mol. The molecule has 6 nitrogen and oxygen atoms in total. The van der Waals surface area contributed by atoms with E-state index >= 15 is 0 Å². The quantitative estimate of drug-likeness (QED) is 0.282. The summed E-state index contributed by atoms with van der Waals surface area (Å²) in [6.07, 6.45) is 1.88. The average Bonchev–Trinajstić information content (AvgIpc) is 3.70. The van der Waals surface area contributed by atoms with E-state index in [1.54, 1.807) is 0 Å². The van der Waals surface area contributed by atoms with Crippen molar-refractivity contribution in [2.24, 2.45) is 0 Å². The SMILES string of the molecule is O=c1c(=Cc2ccc(-n3nc(-c4ccccc4)cc3-c3ccccc3)cc2)sc2nc(-c3ccccc3)nn12. The normalized spacial score (nSPS) is 11.8. The van der Waals surface area contributed by atoms with E-state index in [1.807, 2.05) is 102 Å². The highest BCUT2D eigenvalue weighted by Crippen LogP contribution is 2.29. The predicted molar refractivity (Wildman–Crippen MR) is 156 cm³/mol. The highest BCUT2D eigenvalue weighted by molar-refractivity contribution is 7.15. The predicted octanol–water partition coefficient (Wildman–Crippen LogP) is 5.89. The van der Waals surface area contributed by atoms with Gasteiger partial charge in [0.1, 0.15) is 0 Å². The van der Waals surface area contributed by atoms with Crippen LogP contribution in [0.15, 0.2) is 126 Å². The minimum Gasteiger partial charge on any atom is -0.266 e. The van der Waals surface area contributed by atoms with Crippen LogP contribution in [0.5, 0.6) is 0 Å². The Kier molecular flexibility index (Phi) is 5.68. The largest absolute Gasteiger partial charge is 0.291 e. The third-order valence-electron chi connectivity index (χ3n) is 6.50. The summed E-state index contributed by atoms with van der Waals surface area (Å²) in [4.78, 5) is 18.2. The number of hydrogen-bond donors (Lipinski definition) is 0. The van der Waals surface area contributed by atoms with E-state index in [9.17, 15) is 4.79 Å². The maximum atomic E-state index is 13.0. The van der Waals surface area contributed by atoms with Gasteiger partial charge in [0.05, 0.1) is 21.6 Å². The van der Waals surface area contributed by atoms with Crippen LogP contribution in [0, 0.1) is 0 Å². The highest BCUT2D eigenvalue weighted by atomic mass is 32.1. The fraction of sp³-hybridized carbons (Fsp3) is 0. The minimum atomic E-state index is -0.167. The van der Waals surface area contributed by atoms with Gasteiger partial charge in [-0.25, -0.2) is 4.68 Å². The van der Waals surface area contributed by atoms with E-state index in [0.717, 1.165) is 39.3 Å². The van der Waals surface area contributed by atoms with Crippen LogP contribution < -0.4 is 10.1 Å². The van der Waals surface area contributed by atoms with Gasteiger partial charge in [-0.05, 0) is 29.8 Å². The van der Waals surface area contributed by atoms with Crippen molar-refractivity contribution in [2.45, 2.75) is 0 Å². The highest BCUT2D eigenvalue weighted by Gasteiger charge is 2.14. The molecule has 7 aromatic rings. The van der Waals surface area contributed by atoms with E-state index in [-0.39, 0.29) is 5.56 Å². The van der Waals surface area contributed by atoms with Crippen molar-refractivity contribution in [3.8, 4) is 39.6 Å². The molecule has 0 atom stereocenters. The van der Waals surface area contributed by atoms with E-state index in [2.05, 4.69) is 40.4 Å². The number of aromatic nitrogens is 5. The molecule has 39 heavy (non-hydrogen) atoms. The Morgan fingerprint density at radius 1 is 0.667 bits per heavy atom. The van der Waals surface area contributed by atoms with Gasteiger partial charge >= 0.3 is 0 Å². The Morgan fingerprint density at radius 2 is 1.28 bits per heavy atom. The third kappa shape index (κ3) is 4.35. The molecule has 186 valence electrons. The zero-order valence-corrected chi connectivity index (χ0v) is 21.5. The Morgan fingerprint density at radius 3 is 1.92 bits per heavy atom. The second-order valence-corrected chi connectivity index (χ2v) is 10.1. The molecule has 7 rings (SSSR count). The molecule has 0 saturated heterocycles. The Bertz CT molecular complexity index is 2010. The zero-order chi connectivity index (χ0) is 26.2. The second kappa shape index (κ2) is 9.63. The lowest BCUT2D eigenvalue weighted by molar-refractivity contribution is 0.892. The van der Waals surface area contributed by atoms with Crippen molar-refractivity contribution < 1.29 is 0 Å². The van der Waals surface area contributed by atoms with Gasteiger partial charge in [0.25, 0.3) is 5.56 Å². The van der Waals surface area contributed by atoms with Crippen LogP contribution in [0.2, 0.25) is 0 Å². The standard InChI is InChI=1S/C32H21N5OS/c38-31-29(39-32-33-30(35-37(31)32)25-14-8-3-9-15-25)20-22-16-18-26(19-17-22)36-28(24-12-6-2-7-13-24)21-27(34-36)23-10-4-1-5-11-23/h1-21H. The summed E-state index contributed by atoms with van der Waals surface area (Å²) in [6, 6.07) is 40.3. The molecule has 0 saturated carbocycles. The molecule has 0 unspecified atom stereocenters. The summed E-state index contributed by atoms with van der Waals surface area (Å²) in [5.74, 6) is 0.554. The minimum absolute atomic E-state index is 0.167. The van der Waals surface area contributed by atoms with E-state index in [4.69, 9.17) is 5.10 Å². The van der Waals surface area contributed by atoms with E-state index in [0.29, 0.717) is 15.3 Å². The number of thiazole rings is 1. The van der Waals surface area contributed by atoms with Crippen molar-refractivity contribution in [1.82, 2.24) is 24.4 Å². The van der Waals surface area contributed by atoms with Crippen LogP contribution in [0.25, 0.3) is 50.6 Å². The summed E-state index contributed by atoms with van der Waals surface area (Å²) in [6.45, 7) is 0. The van der Waals surface area contributed by atoms with E-state index < -0.39 is 0 Å². The van der Waals surface area contributed by atoms with Gasteiger partial charge in [-0.2, -0.15) is 14.6 Å². The number of benzene rings is 4. The lowest BCUT2D eigenvalue weighted by Crippen LogP contribution is -2.23. The Balaban J connectivity index is 1.25. The molecule has 7 heteroatoms. The van der Waals surface area contributed by atoms with Crippen LogP contribution >= 0.6 is 11.3 Å². The van der Waals surface area contributed by atoms with Crippen molar-refractivity contribution in [2.75, 3.05) is 0 Å². The Labute approximate surface area is 227 Å². The number of nitrogens with zero attached hydrogens (tertiary/aromatic N) is 5. The number of fused-ring (bicyclic) bond motifs is 1. The first-order valence-corrected chi connectivity index (χ1v) is 13.3. The van der Waals surface area contributed by atoms with Gasteiger partial charge in [-0.3, -0.25) is 4.79 Å². The molecular formula is C32H21N5OS. The maximum absolute atomic E-state index is 13.0. The van der Waals surface area contributed by atoms with Gasteiger partial charge in [-0.15, -0.1) is 5.10 Å². The lowest BCUT2D eigenvalue weighted by Gasteiger charge is -2.08. The first kappa shape index (κ1) is 23.0. The molecule has 0 aliphatic heterocycles.